The molecule has 7 atom stereocenters. The number of carboxylic acids is 1. The average Bonchev–Trinajstić information content (AvgIpc) is 2.53. The molecule has 1 saturated carbocycles. The summed E-state index contributed by atoms with van der Waals surface area (Å²) >= 11 is 0. The normalized spacial score (nSPS) is 33.8. The predicted octanol–water partition coefficient (Wildman–Crippen LogP) is -6.62. The van der Waals surface area contributed by atoms with Gasteiger partial charge in [0.2, 0.25) is 0 Å². The Hall–Kier alpha value is -1.14. The highest BCUT2D eigenvalue weighted by molar-refractivity contribution is 5.64. The third-order valence-corrected chi connectivity index (χ3v) is 4.47. The minimum Gasteiger partial charge on any atom is -0.850 e. The summed E-state index contributed by atoms with van der Waals surface area (Å²) in [5, 5.41) is 63.7. The minimum atomic E-state index is -1.76. The lowest BCUT2D eigenvalue weighted by atomic mass is 9.74. The van der Waals surface area contributed by atoms with Crippen molar-refractivity contribution in [2.45, 2.75) is 56.4 Å². The maximum Gasteiger partial charge on any atom is 0.133 e. The quantitative estimate of drug-likeness (QED) is 0.204. The highest BCUT2D eigenvalue weighted by Gasteiger charge is 2.38. The van der Waals surface area contributed by atoms with Gasteiger partial charge in [-0.2, -0.15) is 0 Å². The smallest absolute Gasteiger partial charge is 0.133 e. The van der Waals surface area contributed by atoms with Crippen LogP contribution in [-0.4, -0.2) is 73.6 Å². The van der Waals surface area contributed by atoms with E-state index in [-0.39, 0.29) is 32.5 Å². The van der Waals surface area contributed by atoms with Crippen molar-refractivity contribution in [1.29, 1.82) is 0 Å². The molecule has 146 valence electrons. The molecular formula is C15H25N3O7-4. The number of aldehydes is 1. The molecule has 1 aliphatic carbocycles. The molecule has 0 aromatic heterocycles. The van der Waals surface area contributed by atoms with Crippen LogP contribution in [0, 0.1) is 5.92 Å². The standard InChI is InChI=1S/C15H26N3O7/c1-8-11(16-4-2-9(20)21)14(24)13(17-5-3-10(22)23)15(25)12(8)18-6-7-19/h7-9,11-18,20H,2-6H2,1H3,(H,22,23)/q-3/p-1/t8-,9?,11+,12-,13+,14+,15-/m1/s1. The minimum absolute atomic E-state index is 0.0466. The van der Waals surface area contributed by atoms with Crippen molar-refractivity contribution >= 4 is 12.3 Å². The molecule has 1 aliphatic rings. The fourth-order valence-electron chi connectivity index (χ4n) is 3.19. The summed E-state index contributed by atoms with van der Waals surface area (Å²) in [6.45, 7) is 1.68. The van der Waals surface area contributed by atoms with Gasteiger partial charge >= 0.3 is 0 Å². The summed E-state index contributed by atoms with van der Waals surface area (Å²) in [5.41, 5.74) is 0. The molecule has 1 fully saturated rings. The Balaban J connectivity index is 2.82. The molecule has 0 aromatic carbocycles. The molecule has 0 saturated heterocycles. The lowest BCUT2D eigenvalue weighted by molar-refractivity contribution is -0.496. The lowest BCUT2D eigenvalue weighted by Crippen LogP contribution is -2.77. The van der Waals surface area contributed by atoms with Crippen LogP contribution < -0.4 is 36.4 Å². The van der Waals surface area contributed by atoms with Crippen LogP contribution in [0.2, 0.25) is 0 Å². The number of hydrogen-bond acceptors (Lipinski definition) is 10. The molecule has 10 heteroatoms. The van der Waals surface area contributed by atoms with E-state index in [0.717, 1.165) is 0 Å². The highest BCUT2D eigenvalue weighted by atomic mass is 16.5. The lowest BCUT2D eigenvalue weighted by Gasteiger charge is -2.58. The number of aliphatic carboxylic acids is 1. The van der Waals surface area contributed by atoms with E-state index in [2.05, 4.69) is 16.0 Å². The molecule has 0 amide bonds. The van der Waals surface area contributed by atoms with Crippen LogP contribution in [0.3, 0.4) is 0 Å². The summed E-state index contributed by atoms with van der Waals surface area (Å²) in [6, 6.07) is -2.44. The molecule has 0 radical (unpaired) electrons. The zero-order chi connectivity index (χ0) is 19.0. The first-order valence-corrected chi connectivity index (χ1v) is 8.28. The average molecular weight is 359 g/mol. The summed E-state index contributed by atoms with van der Waals surface area (Å²) in [7, 11) is 0. The maximum atomic E-state index is 12.7. The number of rotatable bonds is 11. The van der Waals surface area contributed by atoms with Crippen LogP contribution >= 0.6 is 0 Å². The fourth-order valence-corrected chi connectivity index (χ4v) is 3.19. The van der Waals surface area contributed by atoms with E-state index in [1.165, 1.54) is 0 Å². The second kappa shape index (κ2) is 10.8. The van der Waals surface area contributed by atoms with Crippen molar-refractivity contribution < 1.29 is 35.1 Å². The van der Waals surface area contributed by atoms with E-state index < -0.39 is 48.5 Å². The second-order valence-corrected chi connectivity index (χ2v) is 6.21. The largest absolute Gasteiger partial charge is 0.850 e. The van der Waals surface area contributed by atoms with Crippen molar-refractivity contribution in [2.75, 3.05) is 19.6 Å². The van der Waals surface area contributed by atoms with Crippen LogP contribution in [0.5, 0.6) is 0 Å². The number of aliphatic hydroxyl groups excluding tert-OH is 1. The molecule has 0 spiro atoms. The molecular weight excluding hydrogens is 334 g/mol. The van der Waals surface area contributed by atoms with E-state index in [0.29, 0.717) is 6.29 Å². The summed E-state index contributed by atoms with van der Waals surface area (Å²) in [4.78, 5) is 21.1. The van der Waals surface area contributed by atoms with E-state index >= 15 is 0 Å². The highest BCUT2D eigenvalue weighted by Crippen LogP contribution is 2.24. The van der Waals surface area contributed by atoms with Gasteiger partial charge in [0.05, 0.1) is 6.54 Å². The Morgan fingerprint density at radius 3 is 2.20 bits per heavy atom. The van der Waals surface area contributed by atoms with Gasteiger partial charge in [-0.25, -0.2) is 0 Å². The summed E-state index contributed by atoms with van der Waals surface area (Å²) in [5.74, 6) is -1.72. The Kier molecular flexibility index (Phi) is 9.43. The van der Waals surface area contributed by atoms with Gasteiger partial charge < -0.3 is 51.1 Å². The molecule has 4 N–H and O–H groups in total. The molecule has 25 heavy (non-hydrogen) atoms. The van der Waals surface area contributed by atoms with Gasteiger partial charge in [-0.1, -0.05) is 19.1 Å². The third-order valence-electron chi connectivity index (χ3n) is 4.47. The van der Waals surface area contributed by atoms with Gasteiger partial charge in [0.15, 0.2) is 0 Å². The van der Waals surface area contributed by atoms with Gasteiger partial charge in [0.1, 0.15) is 6.29 Å². The van der Waals surface area contributed by atoms with Crippen molar-refractivity contribution in [3.63, 3.8) is 0 Å². The number of hydrogen-bond donors (Lipinski definition) is 4. The van der Waals surface area contributed by atoms with Crippen molar-refractivity contribution in [1.82, 2.24) is 16.0 Å². The van der Waals surface area contributed by atoms with Crippen LogP contribution in [0.25, 0.3) is 0 Å². The number of aliphatic hydroxyl groups is 1. The van der Waals surface area contributed by atoms with Crippen molar-refractivity contribution in [3.05, 3.63) is 0 Å². The van der Waals surface area contributed by atoms with E-state index in [9.17, 15) is 30.0 Å². The van der Waals surface area contributed by atoms with Gasteiger partial charge in [-0.15, -0.1) is 0 Å². The molecule has 0 aromatic rings. The van der Waals surface area contributed by atoms with E-state index in [4.69, 9.17) is 5.11 Å². The molecule has 10 nitrogen and oxygen atoms in total. The van der Waals surface area contributed by atoms with Crippen LogP contribution in [0.4, 0.5) is 0 Å². The van der Waals surface area contributed by atoms with Crippen LogP contribution in [-0.2, 0) is 9.59 Å². The first-order chi connectivity index (χ1) is 11.8. The maximum absolute atomic E-state index is 12.7. The van der Waals surface area contributed by atoms with Crippen molar-refractivity contribution in [2.24, 2.45) is 5.92 Å². The number of carboxylic acid groups (broad SMARTS) is 1. The van der Waals surface area contributed by atoms with Crippen LogP contribution in [0.1, 0.15) is 19.8 Å². The zero-order valence-corrected chi connectivity index (χ0v) is 14.1. The molecule has 1 unspecified atom stereocenters. The number of carbonyl (C=O) groups is 2. The van der Waals surface area contributed by atoms with Gasteiger partial charge in [0.25, 0.3) is 0 Å². The zero-order valence-electron chi connectivity index (χ0n) is 14.1. The van der Waals surface area contributed by atoms with Gasteiger partial charge in [-0.3, -0.25) is 0 Å². The molecule has 1 rings (SSSR count). The number of nitrogens with one attached hydrogen (secondary N) is 3. The van der Waals surface area contributed by atoms with Crippen molar-refractivity contribution in [3.8, 4) is 0 Å². The van der Waals surface area contributed by atoms with Gasteiger partial charge in [-0.05, 0) is 43.7 Å². The molecule has 0 heterocycles. The molecule has 0 bridgehead atoms. The topological polar surface area (TPSA) is 183 Å². The monoisotopic (exact) mass is 359 g/mol. The first-order valence-electron chi connectivity index (χ1n) is 8.28. The number of carbonyl (C=O) groups excluding carboxylic acids is 2. The third kappa shape index (κ3) is 6.59. The van der Waals surface area contributed by atoms with Crippen LogP contribution in [0.15, 0.2) is 0 Å². The molecule has 0 aliphatic heterocycles. The second-order valence-electron chi connectivity index (χ2n) is 6.21. The van der Waals surface area contributed by atoms with E-state index in [1.54, 1.807) is 6.92 Å². The summed E-state index contributed by atoms with van der Waals surface area (Å²) in [6.07, 6.45) is -4.33. The SMILES string of the molecule is C[C@H]1[C@@H](NCC=O)[C@@H]([O-])[C@@H](NCCC(=O)[O-])[C@@H]([O-])[C@H]1NCCC([O-])O. The predicted molar refractivity (Wildman–Crippen MR) is 78.4 cm³/mol. The Morgan fingerprint density at radius 2 is 1.68 bits per heavy atom. The van der Waals surface area contributed by atoms with E-state index in [1.807, 2.05) is 0 Å². The first kappa shape index (κ1) is 21.9. The fraction of sp³-hybridized carbons (Fsp3) is 0.867. The Morgan fingerprint density at radius 1 is 1.12 bits per heavy atom. The Bertz CT molecular complexity index is 424. The Labute approximate surface area is 146 Å². The van der Waals surface area contributed by atoms with Gasteiger partial charge in [0, 0.05) is 18.6 Å². The summed E-state index contributed by atoms with van der Waals surface area (Å²) < 4.78 is 0.